The normalized spacial score (nSPS) is 13.1. The third-order valence-corrected chi connectivity index (χ3v) is 4.31. The monoisotopic (exact) mass is 251 g/mol. The molecule has 0 saturated carbocycles. The fourth-order valence-electron chi connectivity index (χ4n) is 1.89. The van der Waals surface area contributed by atoms with E-state index in [9.17, 15) is 0 Å². The van der Waals surface area contributed by atoms with Crippen LogP contribution in [0.15, 0.2) is 23.1 Å². The van der Waals surface area contributed by atoms with Gasteiger partial charge in [-0.1, -0.05) is 38.5 Å². The molecule has 0 aliphatic heterocycles. The lowest BCUT2D eigenvalue weighted by Crippen LogP contribution is -2.35. The topological polar surface area (TPSA) is 12.0 Å². The molecule has 0 radical (unpaired) electrons. The molecule has 0 amide bonds. The number of hydrogen-bond donors (Lipinski definition) is 1. The fraction of sp³-hybridized carbons (Fsp3) is 0.600. The quantitative estimate of drug-likeness (QED) is 0.766. The Morgan fingerprint density at radius 1 is 1.24 bits per heavy atom. The van der Waals surface area contributed by atoms with Crippen LogP contribution in [0.2, 0.25) is 0 Å². The van der Waals surface area contributed by atoms with Crippen molar-refractivity contribution in [1.29, 1.82) is 0 Å². The third-order valence-electron chi connectivity index (χ3n) is 3.02. The molecule has 0 spiro atoms. The van der Waals surface area contributed by atoms with Crippen LogP contribution in [-0.4, -0.2) is 18.3 Å². The summed E-state index contributed by atoms with van der Waals surface area (Å²) in [4.78, 5) is 1.42. The zero-order valence-corrected chi connectivity index (χ0v) is 12.5. The zero-order chi connectivity index (χ0) is 12.8. The molecule has 17 heavy (non-hydrogen) atoms. The summed E-state index contributed by atoms with van der Waals surface area (Å²) in [6, 6.07) is 7.32. The highest BCUT2D eigenvalue weighted by Gasteiger charge is 2.12. The zero-order valence-electron chi connectivity index (χ0n) is 11.7. The summed E-state index contributed by atoms with van der Waals surface area (Å²) < 4.78 is 0. The summed E-state index contributed by atoms with van der Waals surface area (Å²) in [7, 11) is 0. The van der Waals surface area contributed by atoms with Crippen LogP contribution < -0.4 is 5.32 Å². The van der Waals surface area contributed by atoms with Gasteiger partial charge >= 0.3 is 0 Å². The molecule has 0 aliphatic carbocycles. The van der Waals surface area contributed by atoms with Crippen molar-refractivity contribution >= 4 is 11.8 Å². The van der Waals surface area contributed by atoms with Crippen molar-refractivity contribution in [1.82, 2.24) is 5.32 Å². The minimum Gasteiger partial charge on any atom is -0.313 e. The van der Waals surface area contributed by atoms with E-state index in [-0.39, 0.29) is 0 Å². The molecule has 0 aromatic heterocycles. The third kappa shape index (κ3) is 4.72. The Morgan fingerprint density at radius 2 is 1.94 bits per heavy atom. The molecule has 0 saturated heterocycles. The van der Waals surface area contributed by atoms with Gasteiger partial charge in [0.05, 0.1) is 0 Å². The van der Waals surface area contributed by atoms with Gasteiger partial charge in [-0.3, -0.25) is 0 Å². The summed E-state index contributed by atoms with van der Waals surface area (Å²) in [5.74, 6) is 1.84. The lowest BCUT2D eigenvalue weighted by Gasteiger charge is -2.21. The maximum atomic E-state index is 3.56. The highest BCUT2D eigenvalue weighted by atomic mass is 32.2. The summed E-state index contributed by atoms with van der Waals surface area (Å²) in [5, 5.41) is 3.56. The van der Waals surface area contributed by atoms with Crippen LogP contribution in [0.4, 0.5) is 0 Å². The van der Waals surface area contributed by atoms with E-state index in [1.54, 1.807) is 0 Å². The van der Waals surface area contributed by atoms with Gasteiger partial charge in [0.2, 0.25) is 0 Å². The largest absolute Gasteiger partial charge is 0.313 e. The van der Waals surface area contributed by atoms with E-state index in [1.165, 1.54) is 16.0 Å². The molecule has 0 heterocycles. The second kappa shape index (κ2) is 7.07. The molecule has 0 fully saturated rings. The maximum Gasteiger partial charge on any atom is 0.0184 e. The first-order valence-electron chi connectivity index (χ1n) is 6.48. The van der Waals surface area contributed by atoms with Gasteiger partial charge < -0.3 is 5.32 Å². The SMILES string of the molecule is CCNC(CSc1ccc(C)cc1C)C(C)C. The van der Waals surface area contributed by atoms with E-state index in [0.717, 1.165) is 12.3 Å². The molecule has 1 rings (SSSR count). The second-order valence-corrected chi connectivity index (χ2v) is 6.05. The first-order valence-corrected chi connectivity index (χ1v) is 7.46. The van der Waals surface area contributed by atoms with E-state index < -0.39 is 0 Å². The van der Waals surface area contributed by atoms with Crippen LogP contribution in [0.3, 0.4) is 0 Å². The predicted octanol–water partition coefficient (Wildman–Crippen LogP) is 4.03. The van der Waals surface area contributed by atoms with Crippen molar-refractivity contribution in [2.24, 2.45) is 5.92 Å². The molecule has 2 heteroatoms. The molecule has 1 aromatic rings. The lowest BCUT2D eigenvalue weighted by molar-refractivity contribution is 0.443. The number of hydrogen-bond acceptors (Lipinski definition) is 2. The van der Waals surface area contributed by atoms with E-state index in [0.29, 0.717) is 12.0 Å². The number of aryl methyl sites for hydroxylation is 2. The standard InChI is InChI=1S/C15H25NS/c1-6-16-14(11(2)3)10-17-15-8-7-12(4)9-13(15)5/h7-9,11,14,16H,6,10H2,1-5H3. The Bertz CT molecular complexity index is 347. The summed E-state index contributed by atoms with van der Waals surface area (Å²) in [5.41, 5.74) is 2.74. The molecule has 1 atom stereocenters. The van der Waals surface area contributed by atoms with Crippen LogP contribution in [0.25, 0.3) is 0 Å². The van der Waals surface area contributed by atoms with Crippen LogP contribution in [-0.2, 0) is 0 Å². The number of thioether (sulfide) groups is 1. The Balaban J connectivity index is 2.59. The molecule has 1 aromatic carbocycles. The van der Waals surface area contributed by atoms with Gasteiger partial charge in [-0.25, -0.2) is 0 Å². The molecule has 1 N–H and O–H groups in total. The van der Waals surface area contributed by atoms with Gasteiger partial charge in [0, 0.05) is 16.7 Å². The van der Waals surface area contributed by atoms with E-state index in [1.807, 2.05) is 11.8 Å². The highest BCUT2D eigenvalue weighted by molar-refractivity contribution is 7.99. The molecule has 96 valence electrons. The minimum absolute atomic E-state index is 0.603. The van der Waals surface area contributed by atoms with Gasteiger partial charge in [0.25, 0.3) is 0 Å². The number of rotatable bonds is 6. The van der Waals surface area contributed by atoms with Crippen molar-refractivity contribution in [3.8, 4) is 0 Å². The highest BCUT2D eigenvalue weighted by Crippen LogP contribution is 2.25. The lowest BCUT2D eigenvalue weighted by atomic mass is 10.1. The predicted molar refractivity (Wildman–Crippen MR) is 78.9 cm³/mol. The molecular formula is C15H25NS. The van der Waals surface area contributed by atoms with Crippen molar-refractivity contribution in [2.75, 3.05) is 12.3 Å². The number of nitrogens with one attached hydrogen (secondary N) is 1. The van der Waals surface area contributed by atoms with E-state index >= 15 is 0 Å². The Kier molecular flexibility index (Phi) is 6.07. The van der Waals surface area contributed by atoms with Crippen molar-refractivity contribution in [3.05, 3.63) is 29.3 Å². The van der Waals surface area contributed by atoms with Crippen LogP contribution in [0.1, 0.15) is 31.9 Å². The molecule has 0 aliphatic rings. The van der Waals surface area contributed by atoms with Crippen LogP contribution in [0.5, 0.6) is 0 Å². The van der Waals surface area contributed by atoms with Crippen LogP contribution in [0, 0.1) is 19.8 Å². The number of benzene rings is 1. The smallest absolute Gasteiger partial charge is 0.0184 e. The average Bonchev–Trinajstić information content (AvgIpc) is 2.25. The molecule has 1 unspecified atom stereocenters. The van der Waals surface area contributed by atoms with E-state index in [4.69, 9.17) is 0 Å². The molecule has 1 nitrogen and oxygen atoms in total. The van der Waals surface area contributed by atoms with E-state index in [2.05, 4.69) is 58.1 Å². The minimum atomic E-state index is 0.603. The van der Waals surface area contributed by atoms with Gasteiger partial charge in [-0.05, 0) is 37.9 Å². The van der Waals surface area contributed by atoms with Crippen molar-refractivity contribution in [2.45, 2.75) is 45.6 Å². The van der Waals surface area contributed by atoms with Crippen molar-refractivity contribution in [3.63, 3.8) is 0 Å². The van der Waals surface area contributed by atoms with Crippen molar-refractivity contribution < 1.29 is 0 Å². The van der Waals surface area contributed by atoms with Gasteiger partial charge in [-0.2, -0.15) is 0 Å². The molecule has 0 bridgehead atoms. The second-order valence-electron chi connectivity index (χ2n) is 4.99. The summed E-state index contributed by atoms with van der Waals surface area (Å²) in [6.45, 7) is 12.2. The van der Waals surface area contributed by atoms with Gasteiger partial charge in [0.15, 0.2) is 0 Å². The average molecular weight is 251 g/mol. The Hall–Kier alpha value is -0.470. The fourth-order valence-corrected chi connectivity index (χ4v) is 3.20. The first-order chi connectivity index (χ1) is 8.04. The van der Waals surface area contributed by atoms with Crippen LogP contribution >= 0.6 is 11.8 Å². The molecular weight excluding hydrogens is 226 g/mol. The summed E-state index contributed by atoms with van der Waals surface area (Å²) >= 11 is 1.97. The van der Waals surface area contributed by atoms with Gasteiger partial charge in [0.1, 0.15) is 0 Å². The Labute approximate surface area is 110 Å². The Morgan fingerprint density at radius 3 is 2.47 bits per heavy atom. The first kappa shape index (κ1) is 14.6. The summed E-state index contributed by atoms with van der Waals surface area (Å²) in [6.07, 6.45) is 0. The maximum absolute atomic E-state index is 3.56. The van der Waals surface area contributed by atoms with Gasteiger partial charge in [-0.15, -0.1) is 11.8 Å².